The smallest absolute Gasteiger partial charge is 0.323 e. The highest BCUT2D eigenvalue weighted by Crippen LogP contribution is 2.38. The van der Waals surface area contributed by atoms with Crippen LogP contribution in [0, 0.1) is 5.41 Å². The number of thiazole rings is 1. The Labute approximate surface area is 147 Å². The van der Waals surface area contributed by atoms with Crippen LogP contribution in [0.3, 0.4) is 0 Å². The SMILES string of the molecule is CN(CC(=O)O)C(=O)c1c(O)nc2sc3c(n2c1=O)CCC(C)(C)C3. The second-order valence-corrected chi connectivity index (χ2v) is 8.16. The molecule has 0 radical (unpaired) electrons. The van der Waals surface area contributed by atoms with Crippen molar-refractivity contribution in [3.8, 4) is 5.88 Å². The molecule has 0 unspecified atom stereocenters. The molecule has 0 saturated carbocycles. The lowest BCUT2D eigenvalue weighted by Crippen LogP contribution is -2.36. The van der Waals surface area contributed by atoms with E-state index in [2.05, 4.69) is 18.8 Å². The summed E-state index contributed by atoms with van der Waals surface area (Å²) in [5, 5.41) is 18.9. The number of aromatic nitrogens is 2. The lowest BCUT2D eigenvalue weighted by atomic mass is 9.79. The molecule has 0 saturated heterocycles. The van der Waals surface area contributed by atoms with Crippen molar-refractivity contribution in [2.45, 2.75) is 33.1 Å². The fourth-order valence-electron chi connectivity index (χ4n) is 3.11. The van der Waals surface area contributed by atoms with Crippen LogP contribution >= 0.6 is 11.3 Å². The fraction of sp³-hybridized carbons (Fsp3) is 0.500. The molecular weight excluding hydrogens is 346 g/mol. The van der Waals surface area contributed by atoms with Gasteiger partial charge in [0, 0.05) is 17.6 Å². The number of amides is 1. The topological polar surface area (TPSA) is 112 Å². The van der Waals surface area contributed by atoms with Gasteiger partial charge in [-0.05, 0) is 24.7 Å². The number of aromatic hydroxyl groups is 1. The molecule has 25 heavy (non-hydrogen) atoms. The highest BCUT2D eigenvalue weighted by atomic mass is 32.1. The summed E-state index contributed by atoms with van der Waals surface area (Å²) in [5.41, 5.74) is -0.194. The summed E-state index contributed by atoms with van der Waals surface area (Å²) in [5.74, 6) is -2.73. The normalized spacial score (nSPS) is 15.8. The van der Waals surface area contributed by atoms with Crippen LogP contribution in [0.5, 0.6) is 5.88 Å². The number of aliphatic carboxylic acids is 1. The van der Waals surface area contributed by atoms with Crippen LogP contribution in [0.2, 0.25) is 0 Å². The van der Waals surface area contributed by atoms with Gasteiger partial charge in [0.15, 0.2) is 10.5 Å². The summed E-state index contributed by atoms with van der Waals surface area (Å²) >= 11 is 1.34. The molecule has 0 atom stereocenters. The van der Waals surface area contributed by atoms with E-state index in [0.717, 1.165) is 28.3 Å². The number of carbonyl (C=O) groups excluding carboxylic acids is 1. The average Bonchev–Trinajstić information content (AvgIpc) is 2.81. The predicted octanol–water partition coefficient (Wildman–Crippen LogP) is 1.13. The number of rotatable bonds is 3. The number of carboxylic acid groups (broad SMARTS) is 1. The summed E-state index contributed by atoms with van der Waals surface area (Å²) in [6.45, 7) is 3.74. The van der Waals surface area contributed by atoms with Gasteiger partial charge >= 0.3 is 5.97 Å². The highest BCUT2D eigenvalue weighted by molar-refractivity contribution is 7.17. The predicted molar refractivity (Wildman–Crippen MR) is 91.4 cm³/mol. The third-order valence-electron chi connectivity index (χ3n) is 4.45. The van der Waals surface area contributed by atoms with Crippen molar-refractivity contribution in [1.29, 1.82) is 0 Å². The molecular formula is C16H19N3O5S. The van der Waals surface area contributed by atoms with Gasteiger partial charge in [-0.25, -0.2) is 0 Å². The van der Waals surface area contributed by atoms with Crippen LogP contribution in [-0.4, -0.2) is 50.0 Å². The van der Waals surface area contributed by atoms with Gasteiger partial charge in [-0.2, -0.15) is 4.98 Å². The molecule has 0 aromatic carbocycles. The number of carbonyl (C=O) groups is 2. The molecule has 0 spiro atoms. The molecule has 2 heterocycles. The summed E-state index contributed by atoms with van der Waals surface area (Å²) in [6, 6.07) is 0. The molecule has 0 aliphatic heterocycles. The van der Waals surface area contributed by atoms with Crippen LogP contribution in [0.15, 0.2) is 4.79 Å². The molecule has 2 aromatic rings. The van der Waals surface area contributed by atoms with Gasteiger partial charge in [-0.1, -0.05) is 13.8 Å². The quantitative estimate of drug-likeness (QED) is 0.843. The third kappa shape index (κ3) is 2.99. The molecule has 0 fully saturated rings. The van der Waals surface area contributed by atoms with Crippen LogP contribution in [0.4, 0.5) is 0 Å². The number of likely N-dealkylation sites (N-methyl/N-ethyl adjacent to an activating group) is 1. The zero-order valence-electron chi connectivity index (χ0n) is 14.2. The van der Waals surface area contributed by atoms with Crippen LogP contribution in [0.25, 0.3) is 4.96 Å². The Morgan fingerprint density at radius 3 is 2.72 bits per heavy atom. The van der Waals surface area contributed by atoms with Gasteiger partial charge in [0.1, 0.15) is 6.54 Å². The Kier molecular flexibility index (Phi) is 4.06. The van der Waals surface area contributed by atoms with E-state index in [1.807, 2.05) is 0 Å². The van der Waals surface area contributed by atoms with Gasteiger partial charge in [-0.3, -0.25) is 18.8 Å². The largest absolute Gasteiger partial charge is 0.492 e. The Hall–Kier alpha value is -2.42. The minimum Gasteiger partial charge on any atom is -0.492 e. The molecule has 8 nitrogen and oxygen atoms in total. The van der Waals surface area contributed by atoms with Crippen molar-refractivity contribution in [2.24, 2.45) is 5.41 Å². The lowest BCUT2D eigenvalue weighted by Gasteiger charge is -2.28. The first-order chi connectivity index (χ1) is 11.6. The van der Waals surface area contributed by atoms with E-state index in [4.69, 9.17) is 5.11 Å². The molecule has 3 rings (SSSR count). The molecule has 2 N–H and O–H groups in total. The summed E-state index contributed by atoms with van der Waals surface area (Å²) in [6.07, 6.45) is 2.40. The molecule has 0 bridgehead atoms. The third-order valence-corrected chi connectivity index (χ3v) is 5.53. The van der Waals surface area contributed by atoms with Crippen molar-refractivity contribution < 1.29 is 19.8 Å². The molecule has 1 amide bonds. The number of fused-ring (bicyclic) bond motifs is 3. The highest BCUT2D eigenvalue weighted by Gasteiger charge is 2.31. The zero-order valence-corrected chi connectivity index (χ0v) is 15.0. The summed E-state index contributed by atoms with van der Waals surface area (Å²) in [4.78, 5) is 42.3. The van der Waals surface area contributed by atoms with Crippen LogP contribution in [-0.2, 0) is 17.6 Å². The fourth-order valence-corrected chi connectivity index (χ4v) is 4.52. The molecule has 9 heteroatoms. The first-order valence-electron chi connectivity index (χ1n) is 7.84. The summed E-state index contributed by atoms with van der Waals surface area (Å²) in [7, 11) is 1.26. The van der Waals surface area contributed by atoms with Crippen molar-refractivity contribution in [3.63, 3.8) is 0 Å². The second-order valence-electron chi connectivity index (χ2n) is 7.10. The van der Waals surface area contributed by atoms with Crippen molar-refractivity contribution >= 4 is 28.2 Å². The number of hydrogen-bond acceptors (Lipinski definition) is 6. The first kappa shape index (κ1) is 17.4. The Balaban J connectivity index is 2.15. The summed E-state index contributed by atoms with van der Waals surface area (Å²) < 4.78 is 1.39. The van der Waals surface area contributed by atoms with E-state index < -0.39 is 35.4 Å². The number of aryl methyl sites for hydroxylation is 1. The Morgan fingerprint density at radius 1 is 1.40 bits per heavy atom. The number of carboxylic acids is 1. The minimum atomic E-state index is -1.21. The standard InChI is InChI=1S/C16H19N3O5S/c1-16(2)5-4-8-9(6-16)25-15-17-12(22)11(14(24)19(8)15)13(23)18(3)7-10(20)21/h22H,4-7H2,1-3H3,(H,20,21). The van der Waals surface area contributed by atoms with Crippen LogP contribution in [0.1, 0.15) is 41.2 Å². The molecule has 2 aromatic heterocycles. The zero-order chi connectivity index (χ0) is 18.5. The van der Waals surface area contributed by atoms with Crippen LogP contribution < -0.4 is 5.56 Å². The molecule has 1 aliphatic carbocycles. The Bertz CT molecular complexity index is 943. The van der Waals surface area contributed by atoms with Gasteiger partial charge in [0.05, 0.1) is 0 Å². The van der Waals surface area contributed by atoms with E-state index in [-0.39, 0.29) is 5.41 Å². The van der Waals surface area contributed by atoms with E-state index in [0.29, 0.717) is 11.4 Å². The maximum Gasteiger partial charge on any atom is 0.323 e. The second kappa shape index (κ2) is 5.83. The van der Waals surface area contributed by atoms with Gasteiger partial charge in [0.2, 0.25) is 5.88 Å². The van der Waals surface area contributed by atoms with E-state index in [1.54, 1.807) is 0 Å². The lowest BCUT2D eigenvalue weighted by molar-refractivity contribution is -0.137. The monoisotopic (exact) mass is 365 g/mol. The molecule has 134 valence electrons. The minimum absolute atomic E-state index is 0.125. The average molecular weight is 365 g/mol. The van der Waals surface area contributed by atoms with E-state index >= 15 is 0 Å². The van der Waals surface area contributed by atoms with E-state index in [9.17, 15) is 19.5 Å². The van der Waals surface area contributed by atoms with Crippen molar-refractivity contribution in [3.05, 3.63) is 26.5 Å². The number of nitrogens with zero attached hydrogens (tertiary/aromatic N) is 3. The van der Waals surface area contributed by atoms with Gasteiger partial charge in [0.25, 0.3) is 11.5 Å². The Morgan fingerprint density at radius 2 is 2.08 bits per heavy atom. The van der Waals surface area contributed by atoms with Crippen molar-refractivity contribution in [1.82, 2.24) is 14.3 Å². The molecule has 1 aliphatic rings. The maximum absolute atomic E-state index is 12.9. The number of hydrogen-bond donors (Lipinski definition) is 2. The van der Waals surface area contributed by atoms with Gasteiger partial charge < -0.3 is 15.1 Å². The van der Waals surface area contributed by atoms with Gasteiger partial charge in [-0.15, -0.1) is 11.3 Å². The maximum atomic E-state index is 12.9. The van der Waals surface area contributed by atoms with Crippen molar-refractivity contribution in [2.75, 3.05) is 13.6 Å². The first-order valence-corrected chi connectivity index (χ1v) is 8.66. The van der Waals surface area contributed by atoms with E-state index in [1.165, 1.54) is 22.8 Å².